The van der Waals surface area contributed by atoms with Gasteiger partial charge >= 0.3 is 6.09 Å². The molecule has 1 amide bonds. The van der Waals surface area contributed by atoms with E-state index in [1.807, 2.05) is 20.8 Å². The fourth-order valence-corrected chi connectivity index (χ4v) is 4.27. The molecule has 1 aliphatic rings. The minimum absolute atomic E-state index is 0.0268. The maximum Gasteiger partial charge on any atom is 0.410 e. The van der Waals surface area contributed by atoms with Gasteiger partial charge in [-0.1, -0.05) is 0 Å². The van der Waals surface area contributed by atoms with Gasteiger partial charge in [-0.15, -0.1) is 0 Å². The number of sulfonamides is 1. The minimum atomic E-state index is -3.79. The predicted octanol–water partition coefficient (Wildman–Crippen LogP) is 2.38. The van der Waals surface area contributed by atoms with Crippen LogP contribution in [0.1, 0.15) is 33.6 Å². The third-order valence-electron chi connectivity index (χ3n) is 4.13. The highest BCUT2D eigenvalue weighted by molar-refractivity contribution is 7.89. The molecule has 0 unspecified atom stereocenters. The molecule has 0 aliphatic carbocycles. The summed E-state index contributed by atoms with van der Waals surface area (Å²) in [7, 11) is -0.904. The highest BCUT2D eigenvalue weighted by Crippen LogP contribution is 2.29. The molecule has 0 aromatic heterocycles. The van der Waals surface area contributed by atoms with Crippen LogP contribution in [-0.4, -0.2) is 58.4 Å². The van der Waals surface area contributed by atoms with Crippen LogP contribution in [0.5, 0.6) is 11.5 Å². The Balaban J connectivity index is 2.03. The zero-order chi connectivity index (χ0) is 20.2. The van der Waals surface area contributed by atoms with Crippen LogP contribution in [0, 0.1) is 0 Å². The van der Waals surface area contributed by atoms with E-state index in [9.17, 15) is 13.2 Å². The lowest BCUT2D eigenvalue weighted by atomic mass is 10.1. The molecule has 1 aromatic carbocycles. The average molecular weight is 400 g/mol. The molecular weight excluding hydrogens is 372 g/mol. The molecule has 152 valence electrons. The van der Waals surface area contributed by atoms with Gasteiger partial charge in [0, 0.05) is 25.2 Å². The highest BCUT2D eigenvalue weighted by atomic mass is 32.2. The van der Waals surface area contributed by atoms with Crippen molar-refractivity contribution in [1.82, 2.24) is 9.62 Å². The van der Waals surface area contributed by atoms with Crippen LogP contribution < -0.4 is 14.2 Å². The van der Waals surface area contributed by atoms with Crippen molar-refractivity contribution < 1.29 is 27.4 Å². The zero-order valence-electron chi connectivity index (χ0n) is 16.4. The molecule has 1 heterocycles. The van der Waals surface area contributed by atoms with Crippen LogP contribution in [0.15, 0.2) is 23.1 Å². The lowest BCUT2D eigenvalue weighted by Crippen LogP contribution is -2.47. The van der Waals surface area contributed by atoms with Crippen LogP contribution in [-0.2, 0) is 14.8 Å². The molecule has 1 saturated heterocycles. The smallest absolute Gasteiger partial charge is 0.410 e. The Kier molecular flexibility index (Phi) is 6.59. The first-order valence-corrected chi connectivity index (χ1v) is 10.3. The Morgan fingerprint density at radius 2 is 1.78 bits per heavy atom. The summed E-state index contributed by atoms with van der Waals surface area (Å²) in [5.41, 5.74) is -0.557. The van der Waals surface area contributed by atoms with Crippen LogP contribution in [0.2, 0.25) is 0 Å². The lowest BCUT2D eigenvalue weighted by Gasteiger charge is -2.33. The van der Waals surface area contributed by atoms with Gasteiger partial charge < -0.3 is 19.1 Å². The quantitative estimate of drug-likeness (QED) is 0.816. The second-order valence-corrected chi connectivity index (χ2v) is 9.06. The number of methoxy groups -OCH3 is 2. The molecule has 0 spiro atoms. The van der Waals surface area contributed by atoms with Crippen LogP contribution in [0.4, 0.5) is 4.79 Å². The number of ether oxygens (including phenoxy) is 3. The monoisotopic (exact) mass is 400 g/mol. The zero-order valence-corrected chi connectivity index (χ0v) is 17.3. The Labute approximate surface area is 160 Å². The normalized spacial score (nSPS) is 16.1. The summed E-state index contributed by atoms with van der Waals surface area (Å²) in [6.07, 6.45) is 0.633. The topological polar surface area (TPSA) is 94.2 Å². The van der Waals surface area contributed by atoms with Gasteiger partial charge in [0.1, 0.15) is 22.0 Å². The van der Waals surface area contributed by atoms with E-state index < -0.39 is 15.6 Å². The SMILES string of the molecule is COc1ccc(OC)c(S(=O)(=O)NC2CCN(C(=O)OC(C)(C)C)CC2)c1. The first-order chi connectivity index (χ1) is 12.6. The molecule has 9 heteroatoms. The predicted molar refractivity (Wildman–Crippen MR) is 101 cm³/mol. The van der Waals surface area contributed by atoms with Crippen LogP contribution in [0.25, 0.3) is 0 Å². The number of amides is 1. The number of likely N-dealkylation sites (tertiary alicyclic amines) is 1. The van der Waals surface area contributed by atoms with Gasteiger partial charge in [0.05, 0.1) is 14.2 Å². The van der Waals surface area contributed by atoms with Gasteiger partial charge in [0.2, 0.25) is 10.0 Å². The molecular formula is C18H28N2O6S. The number of carbonyl (C=O) groups is 1. The van der Waals surface area contributed by atoms with Gasteiger partial charge in [0.25, 0.3) is 0 Å². The number of carbonyl (C=O) groups excluding carboxylic acids is 1. The van der Waals surface area contributed by atoms with Crippen molar-refractivity contribution in [3.63, 3.8) is 0 Å². The lowest BCUT2D eigenvalue weighted by molar-refractivity contribution is 0.0203. The van der Waals surface area contributed by atoms with Crippen molar-refractivity contribution in [2.75, 3.05) is 27.3 Å². The van der Waals surface area contributed by atoms with Crippen LogP contribution in [0.3, 0.4) is 0 Å². The third-order valence-corrected chi connectivity index (χ3v) is 5.67. The summed E-state index contributed by atoms with van der Waals surface area (Å²) in [5.74, 6) is 0.672. The number of nitrogens with zero attached hydrogens (tertiary/aromatic N) is 1. The van der Waals surface area contributed by atoms with E-state index in [0.29, 0.717) is 31.7 Å². The molecule has 0 atom stereocenters. The first-order valence-electron chi connectivity index (χ1n) is 8.78. The van der Waals surface area contributed by atoms with E-state index in [2.05, 4.69) is 4.72 Å². The highest BCUT2D eigenvalue weighted by Gasteiger charge is 2.30. The minimum Gasteiger partial charge on any atom is -0.497 e. The van der Waals surface area contributed by atoms with E-state index >= 15 is 0 Å². The largest absolute Gasteiger partial charge is 0.497 e. The molecule has 8 nitrogen and oxygen atoms in total. The molecule has 1 aromatic rings. The standard InChI is InChI=1S/C18H28N2O6S/c1-18(2,3)26-17(21)20-10-8-13(9-11-20)19-27(22,23)16-12-14(24-4)6-7-15(16)25-5/h6-7,12-13,19H,8-11H2,1-5H3. The Morgan fingerprint density at radius 3 is 2.30 bits per heavy atom. The fourth-order valence-electron chi connectivity index (χ4n) is 2.78. The van der Waals surface area contributed by atoms with E-state index in [0.717, 1.165) is 0 Å². The van der Waals surface area contributed by atoms with Crippen molar-refractivity contribution in [1.29, 1.82) is 0 Å². The van der Waals surface area contributed by atoms with Crippen molar-refractivity contribution in [3.05, 3.63) is 18.2 Å². The van der Waals surface area contributed by atoms with Gasteiger partial charge in [-0.2, -0.15) is 0 Å². The van der Waals surface area contributed by atoms with E-state index in [4.69, 9.17) is 14.2 Å². The summed E-state index contributed by atoms with van der Waals surface area (Å²) >= 11 is 0. The van der Waals surface area contributed by atoms with Crippen molar-refractivity contribution in [2.24, 2.45) is 0 Å². The van der Waals surface area contributed by atoms with Gasteiger partial charge in [-0.05, 0) is 45.7 Å². The van der Waals surface area contributed by atoms with Crippen molar-refractivity contribution in [3.8, 4) is 11.5 Å². The number of hydrogen-bond donors (Lipinski definition) is 1. The summed E-state index contributed by atoms with van der Waals surface area (Å²) in [5, 5.41) is 0. The van der Waals surface area contributed by atoms with Gasteiger partial charge in [-0.3, -0.25) is 0 Å². The maximum atomic E-state index is 12.8. The van der Waals surface area contributed by atoms with Gasteiger partial charge in [-0.25, -0.2) is 17.9 Å². The molecule has 2 rings (SSSR count). The second kappa shape index (κ2) is 8.35. The fraction of sp³-hybridized carbons (Fsp3) is 0.611. The number of nitrogens with one attached hydrogen (secondary N) is 1. The van der Waals surface area contributed by atoms with Crippen molar-refractivity contribution in [2.45, 2.75) is 50.2 Å². The number of benzene rings is 1. The Bertz CT molecular complexity index is 765. The molecule has 1 N–H and O–H groups in total. The molecule has 27 heavy (non-hydrogen) atoms. The molecule has 0 radical (unpaired) electrons. The Hall–Kier alpha value is -2.00. The second-order valence-electron chi connectivity index (χ2n) is 7.38. The summed E-state index contributed by atoms with van der Waals surface area (Å²) in [4.78, 5) is 13.7. The first kappa shape index (κ1) is 21.3. The molecule has 1 fully saturated rings. The van der Waals surface area contributed by atoms with Crippen LogP contribution >= 0.6 is 0 Å². The average Bonchev–Trinajstić information content (AvgIpc) is 2.60. The molecule has 0 bridgehead atoms. The maximum absolute atomic E-state index is 12.8. The number of piperidine rings is 1. The van der Waals surface area contributed by atoms with Crippen molar-refractivity contribution >= 4 is 16.1 Å². The number of hydrogen-bond acceptors (Lipinski definition) is 6. The van der Waals surface area contributed by atoms with E-state index in [1.165, 1.54) is 20.3 Å². The van der Waals surface area contributed by atoms with E-state index in [1.54, 1.807) is 17.0 Å². The van der Waals surface area contributed by atoms with E-state index in [-0.39, 0.29) is 22.8 Å². The summed E-state index contributed by atoms with van der Waals surface area (Å²) in [6.45, 7) is 6.29. The van der Waals surface area contributed by atoms with Gasteiger partial charge in [0.15, 0.2) is 0 Å². The molecule has 1 aliphatic heterocycles. The summed E-state index contributed by atoms with van der Waals surface area (Å²) < 4.78 is 43.9. The summed E-state index contributed by atoms with van der Waals surface area (Å²) in [6, 6.07) is 4.34. The third kappa shape index (κ3) is 5.74. The number of rotatable bonds is 5. The Morgan fingerprint density at radius 1 is 1.15 bits per heavy atom. The molecule has 0 saturated carbocycles.